The van der Waals surface area contributed by atoms with E-state index in [1.807, 2.05) is 39.0 Å². The molecule has 26 heavy (non-hydrogen) atoms. The minimum absolute atomic E-state index is 0.179. The molecule has 0 saturated carbocycles. The SMILES string of the molecule is CC(=O)N(CC(=O)Nc1c(C)cccc1C(C)C)c1c(F)cccc1F. The zero-order valence-corrected chi connectivity index (χ0v) is 15.3. The second kappa shape index (κ2) is 8.08. The molecule has 0 radical (unpaired) electrons. The molecule has 0 heterocycles. The zero-order chi connectivity index (χ0) is 19.4. The highest BCUT2D eigenvalue weighted by atomic mass is 19.1. The monoisotopic (exact) mass is 360 g/mol. The van der Waals surface area contributed by atoms with Gasteiger partial charge in [-0.25, -0.2) is 8.78 Å². The van der Waals surface area contributed by atoms with Crippen LogP contribution in [0.15, 0.2) is 36.4 Å². The normalized spacial score (nSPS) is 10.7. The highest BCUT2D eigenvalue weighted by molar-refractivity contribution is 6.02. The lowest BCUT2D eigenvalue weighted by Crippen LogP contribution is -2.38. The molecule has 2 aromatic carbocycles. The predicted molar refractivity (Wildman–Crippen MR) is 98.3 cm³/mol. The van der Waals surface area contributed by atoms with Crippen molar-refractivity contribution in [3.63, 3.8) is 0 Å². The number of nitrogens with zero attached hydrogens (tertiary/aromatic N) is 1. The van der Waals surface area contributed by atoms with Crippen molar-refractivity contribution in [1.82, 2.24) is 0 Å². The Labute approximate surface area is 151 Å². The summed E-state index contributed by atoms with van der Waals surface area (Å²) < 4.78 is 28.0. The Hall–Kier alpha value is -2.76. The molecule has 0 aliphatic rings. The molecule has 4 nitrogen and oxygen atoms in total. The average Bonchev–Trinajstić information content (AvgIpc) is 2.55. The molecule has 2 aromatic rings. The van der Waals surface area contributed by atoms with Gasteiger partial charge in [-0.1, -0.05) is 38.1 Å². The molecule has 0 aromatic heterocycles. The Balaban J connectivity index is 2.30. The maximum Gasteiger partial charge on any atom is 0.244 e. The lowest BCUT2D eigenvalue weighted by molar-refractivity contribution is -0.120. The topological polar surface area (TPSA) is 49.4 Å². The summed E-state index contributed by atoms with van der Waals surface area (Å²) in [6.45, 7) is 6.54. The number of nitrogens with one attached hydrogen (secondary N) is 1. The number of hydrogen-bond donors (Lipinski definition) is 1. The van der Waals surface area contributed by atoms with Gasteiger partial charge in [0.05, 0.1) is 0 Å². The molecule has 0 fully saturated rings. The largest absolute Gasteiger partial charge is 0.324 e. The van der Waals surface area contributed by atoms with E-state index in [9.17, 15) is 18.4 Å². The lowest BCUT2D eigenvalue weighted by atomic mass is 9.98. The third-order valence-electron chi connectivity index (χ3n) is 4.08. The number of anilines is 2. The van der Waals surface area contributed by atoms with Crippen LogP contribution < -0.4 is 10.2 Å². The van der Waals surface area contributed by atoms with E-state index >= 15 is 0 Å². The van der Waals surface area contributed by atoms with Crippen molar-refractivity contribution in [2.75, 3.05) is 16.8 Å². The molecule has 0 bridgehead atoms. The number of carbonyl (C=O) groups is 2. The molecule has 0 aliphatic heterocycles. The standard InChI is InChI=1S/C20H22F2N2O2/c1-12(2)15-8-5-7-13(3)19(15)23-18(26)11-24(14(4)25)20-16(21)9-6-10-17(20)22/h5-10,12H,11H2,1-4H3,(H,23,26). The summed E-state index contributed by atoms with van der Waals surface area (Å²) in [5.74, 6) is -2.77. The summed E-state index contributed by atoms with van der Waals surface area (Å²) in [6.07, 6.45) is 0. The van der Waals surface area contributed by atoms with Crippen LogP contribution in [0.4, 0.5) is 20.2 Å². The molecule has 0 saturated heterocycles. The molecule has 2 amide bonds. The van der Waals surface area contributed by atoms with Crippen molar-refractivity contribution in [3.8, 4) is 0 Å². The number of aryl methyl sites for hydroxylation is 1. The molecular weight excluding hydrogens is 338 g/mol. The number of carbonyl (C=O) groups excluding carboxylic acids is 2. The minimum atomic E-state index is -0.897. The van der Waals surface area contributed by atoms with E-state index in [-0.39, 0.29) is 5.92 Å². The third-order valence-corrected chi connectivity index (χ3v) is 4.08. The maximum atomic E-state index is 14.0. The number of rotatable bonds is 5. The van der Waals surface area contributed by atoms with Crippen LogP contribution in [0.3, 0.4) is 0 Å². The molecule has 0 atom stereocenters. The molecule has 1 N–H and O–H groups in total. The van der Waals surface area contributed by atoms with Crippen LogP contribution in [-0.2, 0) is 9.59 Å². The Kier molecular flexibility index (Phi) is 6.08. The van der Waals surface area contributed by atoms with Crippen LogP contribution in [0, 0.1) is 18.6 Å². The van der Waals surface area contributed by atoms with Gasteiger partial charge in [-0.05, 0) is 36.1 Å². The lowest BCUT2D eigenvalue weighted by Gasteiger charge is -2.23. The Bertz CT molecular complexity index is 814. The van der Waals surface area contributed by atoms with Crippen LogP contribution in [-0.4, -0.2) is 18.4 Å². The van der Waals surface area contributed by atoms with Gasteiger partial charge in [0, 0.05) is 12.6 Å². The number of benzene rings is 2. The predicted octanol–water partition coefficient (Wildman–Crippen LogP) is 4.39. The number of amides is 2. The zero-order valence-electron chi connectivity index (χ0n) is 15.3. The fraction of sp³-hybridized carbons (Fsp3) is 0.300. The highest BCUT2D eigenvalue weighted by Crippen LogP contribution is 2.28. The highest BCUT2D eigenvalue weighted by Gasteiger charge is 2.23. The Morgan fingerprint density at radius 2 is 1.65 bits per heavy atom. The van der Waals surface area contributed by atoms with Crippen molar-refractivity contribution in [2.45, 2.75) is 33.6 Å². The van der Waals surface area contributed by atoms with Gasteiger partial charge in [0.25, 0.3) is 0 Å². The molecule has 0 aliphatic carbocycles. The van der Waals surface area contributed by atoms with Crippen LogP contribution in [0.25, 0.3) is 0 Å². The Morgan fingerprint density at radius 1 is 1.08 bits per heavy atom. The second-order valence-electron chi connectivity index (χ2n) is 6.42. The maximum absolute atomic E-state index is 14.0. The average molecular weight is 360 g/mol. The molecule has 6 heteroatoms. The van der Waals surface area contributed by atoms with E-state index in [4.69, 9.17) is 0 Å². The first-order chi connectivity index (χ1) is 12.2. The van der Waals surface area contributed by atoms with Gasteiger partial charge in [-0.15, -0.1) is 0 Å². The third kappa shape index (κ3) is 4.25. The first kappa shape index (κ1) is 19.6. The summed E-state index contributed by atoms with van der Waals surface area (Å²) in [4.78, 5) is 25.2. The number of halogens is 2. The van der Waals surface area contributed by atoms with Crippen LogP contribution in [0.2, 0.25) is 0 Å². The Morgan fingerprint density at radius 3 is 2.19 bits per heavy atom. The molecule has 2 rings (SSSR count). The first-order valence-corrected chi connectivity index (χ1v) is 8.33. The van der Waals surface area contributed by atoms with E-state index in [1.54, 1.807) is 0 Å². The van der Waals surface area contributed by atoms with Gasteiger partial charge in [0.1, 0.15) is 23.9 Å². The summed E-state index contributed by atoms with van der Waals surface area (Å²) in [5, 5.41) is 2.78. The fourth-order valence-corrected chi connectivity index (χ4v) is 2.76. The summed E-state index contributed by atoms with van der Waals surface area (Å²) in [5.41, 5.74) is 1.95. The van der Waals surface area contributed by atoms with Crippen molar-refractivity contribution in [1.29, 1.82) is 0 Å². The minimum Gasteiger partial charge on any atom is -0.324 e. The smallest absolute Gasteiger partial charge is 0.244 e. The molecule has 0 unspecified atom stereocenters. The van der Waals surface area contributed by atoms with Crippen LogP contribution in [0.5, 0.6) is 0 Å². The number of hydrogen-bond acceptors (Lipinski definition) is 2. The van der Waals surface area contributed by atoms with Gasteiger partial charge in [0.2, 0.25) is 11.8 Å². The van der Waals surface area contributed by atoms with Crippen LogP contribution in [0.1, 0.15) is 37.8 Å². The van der Waals surface area contributed by atoms with Gasteiger partial charge >= 0.3 is 0 Å². The second-order valence-corrected chi connectivity index (χ2v) is 6.42. The molecular formula is C20H22F2N2O2. The van der Waals surface area contributed by atoms with Crippen molar-refractivity contribution >= 4 is 23.2 Å². The molecule has 0 spiro atoms. The molecule has 138 valence electrons. The van der Waals surface area contributed by atoms with Gasteiger partial charge in [-0.3, -0.25) is 14.5 Å². The van der Waals surface area contributed by atoms with Crippen molar-refractivity contribution in [2.24, 2.45) is 0 Å². The van der Waals surface area contributed by atoms with Crippen molar-refractivity contribution in [3.05, 3.63) is 59.2 Å². The van der Waals surface area contributed by atoms with Gasteiger partial charge in [-0.2, -0.15) is 0 Å². The van der Waals surface area contributed by atoms with E-state index < -0.39 is 35.7 Å². The summed E-state index contributed by atoms with van der Waals surface area (Å²) in [7, 11) is 0. The van der Waals surface area contributed by atoms with E-state index in [0.717, 1.165) is 35.1 Å². The van der Waals surface area contributed by atoms with E-state index in [0.29, 0.717) is 5.69 Å². The van der Waals surface area contributed by atoms with Crippen LogP contribution >= 0.6 is 0 Å². The van der Waals surface area contributed by atoms with Gasteiger partial charge < -0.3 is 5.32 Å². The van der Waals surface area contributed by atoms with Crippen molar-refractivity contribution < 1.29 is 18.4 Å². The van der Waals surface area contributed by atoms with E-state index in [2.05, 4.69) is 5.32 Å². The fourth-order valence-electron chi connectivity index (χ4n) is 2.76. The van der Waals surface area contributed by atoms with Gasteiger partial charge in [0.15, 0.2) is 0 Å². The first-order valence-electron chi connectivity index (χ1n) is 8.33. The quantitative estimate of drug-likeness (QED) is 0.860. The summed E-state index contributed by atoms with van der Waals surface area (Å²) >= 11 is 0. The van der Waals surface area contributed by atoms with E-state index in [1.165, 1.54) is 6.07 Å². The number of para-hydroxylation sites is 2. The summed E-state index contributed by atoms with van der Waals surface area (Å²) in [6, 6.07) is 8.97.